The summed E-state index contributed by atoms with van der Waals surface area (Å²) in [5, 5.41) is 5.87. The van der Waals surface area contributed by atoms with E-state index in [1.54, 1.807) is 20.1 Å². The number of rotatable bonds is 6. The van der Waals surface area contributed by atoms with Gasteiger partial charge in [-0.05, 0) is 31.5 Å². The summed E-state index contributed by atoms with van der Waals surface area (Å²) in [6.45, 7) is 7.82. The minimum Gasteiger partial charge on any atom is -0.495 e. The molecule has 1 amide bonds. The van der Waals surface area contributed by atoms with Gasteiger partial charge in [-0.25, -0.2) is 0 Å². The summed E-state index contributed by atoms with van der Waals surface area (Å²) in [6, 6.07) is 5.48. The van der Waals surface area contributed by atoms with Crippen molar-refractivity contribution in [1.82, 2.24) is 5.32 Å². The van der Waals surface area contributed by atoms with E-state index in [0.29, 0.717) is 6.54 Å². The molecule has 0 spiro atoms. The Morgan fingerprint density at radius 1 is 1.56 bits per heavy atom. The summed E-state index contributed by atoms with van der Waals surface area (Å²) in [7, 11) is 1.61. The molecule has 1 rings (SSSR count). The Morgan fingerprint density at radius 2 is 2.28 bits per heavy atom. The normalized spacial score (nSPS) is 11.5. The molecule has 98 valence electrons. The SMILES string of the molecule is C=CCNC(=O)C(C)Nc1ccc(C)cc1OC. The zero-order valence-electron chi connectivity index (χ0n) is 11.1. The lowest BCUT2D eigenvalue weighted by Gasteiger charge is -2.17. The fourth-order valence-corrected chi connectivity index (χ4v) is 1.54. The maximum absolute atomic E-state index is 11.7. The first-order valence-corrected chi connectivity index (χ1v) is 5.88. The number of amides is 1. The van der Waals surface area contributed by atoms with Crippen molar-refractivity contribution >= 4 is 11.6 Å². The zero-order chi connectivity index (χ0) is 13.5. The molecule has 1 unspecified atom stereocenters. The molecule has 18 heavy (non-hydrogen) atoms. The lowest BCUT2D eigenvalue weighted by Crippen LogP contribution is -2.37. The lowest BCUT2D eigenvalue weighted by atomic mass is 10.2. The van der Waals surface area contributed by atoms with Crippen LogP contribution in [0.5, 0.6) is 5.75 Å². The third kappa shape index (κ3) is 3.80. The smallest absolute Gasteiger partial charge is 0.242 e. The van der Waals surface area contributed by atoms with Gasteiger partial charge in [-0.2, -0.15) is 0 Å². The van der Waals surface area contributed by atoms with Gasteiger partial charge in [0.2, 0.25) is 5.91 Å². The summed E-state index contributed by atoms with van der Waals surface area (Å²) in [5.74, 6) is 0.663. The fraction of sp³-hybridized carbons (Fsp3) is 0.357. The summed E-state index contributed by atoms with van der Waals surface area (Å²) >= 11 is 0. The first-order valence-electron chi connectivity index (χ1n) is 5.88. The van der Waals surface area contributed by atoms with E-state index >= 15 is 0 Å². The minimum absolute atomic E-state index is 0.0717. The Morgan fingerprint density at radius 3 is 2.89 bits per heavy atom. The first-order chi connectivity index (χ1) is 8.58. The van der Waals surface area contributed by atoms with Crippen LogP contribution >= 0.6 is 0 Å². The van der Waals surface area contributed by atoms with Crippen molar-refractivity contribution in [3.05, 3.63) is 36.4 Å². The molecule has 1 aromatic carbocycles. The maximum atomic E-state index is 11.7. The second kappa shape index (κ2) is 6.69. The molecular formula is C14H20N2O2. The number of benzene rings is 1. The monoisotopic (exact) mass is 248 g/mol. The van der Waals surface area contributed by atoms with Gasteiger partial charge in [0.25, 0.3) is 0 Å². The van der Waals surface area contributed by atoms with E-state index in [0.717, 1.165) is 17.0 Å². The Kier molecular flexibility index (Phi) is 5.24. The quantitative estimate of drug-likeness (QED) is 0.758. The highest BCUT2D eigenvalue weighted by Gasteiger charge is 2.13. The van der Waals surface area contributed by atoms with Gasteiger partial charge in [0, 0.05) is 6.54 Å². The molecule has 2 N–H and O–H groups in total. The number of ether oxygens (including phenoxy) is 1. The number of carbonyl (C=O) groups is 1. The van der Waals surface area contributed by atoms with E-state index in [-0.39, 0.29) is 11.9 Å². The minimum atomic E-state index is -0.332. The highest BCUT2D eigenvalue weighted by Crippen LogP contribution is 2.25. The number of aryl methyl sites for hydroxylation is 1. The van der Waals surface area contributed by atoms with Gasteiger partial charge in [0.05, 0.1) is 12.8 Å². The third-order valence-corrected chi connectivity index (χ3v) is 2.54. The van der Waals surface area contributed by atoms with Gasteiger partial charge in [-0.3, -0.25) is 4.79 Å². The zero-order valence-corrected chi connectivity index (χ0v) is 11.1. The van der Waals surface area contributed by atoms with Crippen molar-refractivity contribution in [3.8, 4) is 5.75 Å². The van der Waals surface area contributed by atoms with Crippen LogP contribution in [0.1, 0.15) is 12.5 Å². The molecule has 0 saturated carbocycles. The Hall–Kier alpha value is -1.97. The molecule has 0 saturated heterocycles. The van der Waals surface area contributed by atoms with Crippen LogP contribution in [-0.2, 0) is 4.79 Å². The van der Waals surface area contributed by atoms with E-state index in [2.05, 4.69) is 17.2 Å². The van der Waals surface area contributed by atoms with Crippen LogP contribution in [-0.4, -0.2) is 25.6 Å². The number of hydrogen-bond acceptors (Lipinski definition) is 3. The fourth-order valence-electron chi connectivity index (χ4n) is 1.54. The number of hydrogen-bond donors (Lipinski definition) is 2. The van der Waals surface area contributed by atoms with Crippen LogP contribution in [0.15, 0.2) is 30.9 Å². The van der Waals surface area contributed by atoms with Crippen molar-refractivity contribution in [2.75, 3.05) is 19.0 Å². The van der Waals surface area contributed by atoms with E-state index in [1.165, 1.54) is 0 Å². The Bertz CT molecular complexity index is 430. The number of anilines is 1. The van der Waals surface area contributed by atoms with Crippen LogP contribution in [0, 0.1) is 6.92 Å². The standard InChI is InChI=1S/C14H20N2O2/c1-5-8-15-14(17)11(3)16-12-7-6-10(2)9-13(12)18-4/h5-7,9,11,16H,1,8H2,2-4H3,(H,15,17). The number of carbonyl (C=O) groups excluding carboxylic acids is 1. The van der Waals surface area contributed by atoms with Gasteiger partial charge in [0.15, 0.2) is 0 Å². The van der Waals surface area contributed by atoms with E-state index < -0.39 is 0 Å². The van der Waals surface area contributed by atoms with Crippen LogP contribution in [0.2, 0.25) is 0 Å². The topological polar surface area (TPSA) is 50.4 Å². The average molecular weight is 248 g/mol. The first kappa shape index (κ1) is 14.1. The lowest BCUT2D eigenvalue weighted by molar-refractivity contribution is -0.121. The second-order valence-corrected chi connectivity index (χ2v) is 4.10. The van der Waals surface area contributed by atoms with Gasteiger partial charge < -0.3 is 15.4 Å². The van der Waals surface area contributed by atoms with Gasteiger partial charge in [-0.15, -0.1) is 6.58 Å². The maximum Gasteiger partial charge on any atom is 0.242 e. The van der Waals surface area contributed by atoms with Crippen molar-refractivity contribution in [1.29, 1.82) is 0 Å². The molecule has 4 heteroatoms. The predicted molar refractivity (Wildman–Crippen MR) is 74.0 cm³/mol. The summed E-state index contributed by atoms with van der Waals surface area (Å²) < 4.78 is 5.28. The molecule has 0 fully saturated rings. The molecule has 0 heterocycles. The molecule has 0 radical (unpaired) electrons. The molecule has 0 aliphatic carbocycles. The second-order valence-electron chi connectivity index (χ2n) is 4.10. The average Bonchev–Trinajstić information content (AvgIpc) is 2.37. The third-order valence-electron chi connectivity index (χ3n) is 2.54. The van der Waals surface area contributed by atoms with Gasteiger partial charge >= 0.3 is 0 Å². The van der Waals surface area contributed by atoms with Crippen LogP contribution < -0.4 is 15.4 Å². The Balaban J connectivity index is 2.71. The molecule has 1 aromatic rings. The van der Waals surface area contributed by atoms with Crippen molar-refractivity contribution in [2.45, 2.75) is 19.9 Å². The molecule has 0 aromatic heterocycles. The molecule has 0 bridgehead atoms. The molecule has 4 nitrogen and oxygen atoms in total. The summed E-state index contributed by atoms with van der Waals surface area (Å²) in [5.41, 5.74) is 1.92. The van der Waals surface area contributed by atoms with Crippen LogP contribution in [0.3, 0.4) is 0 Å². The summed E-state index contributed by atoms with van der Waals surface area (Å²) in [6.07, 6.45) is 1.65. The number of methoxy groups -OCH3 is 1. The molecular weight excluding hydrogens is 228 g/mol. The molecule has 0 aliphatic rings. The van der Waals surface area contributed by atoms with Gasteiger partial charge in [0.1, 0.15) is 11.8 Å². The number of nitrogens with one attached hydrogen (secondary N) is 2. The van der Waals surface area contributed by atoms with E-state index in [4.69, 9.17) is 4.74 Å². The largest absolute Gasteiger partial charge is 0.495 e. The van der Waals surface area contributed by atoms with Gasteiger partial charge in [-0.1, -0.05) is 12.1 Å². The van der Waals surface area contributed by atoms with Crippen LogP contribution in [0.4, 0.5) is 5.69 Å². The summed E-state index contributed by atoms with van der Waals surface area (Å²) in [4.78, 5) is 11.7. The molecule has 0 aliphatic heterocycles. The molecule has 1 atom stereocenters. The van der Waals surface area contributed by atoms with Crippen molar-refractivity contribution in [3.63, 3.8) is 0 Å². The van der Waals surface area contributed by atoms with Crippen molar-refractivity contribution in [2.24, 2.45) is 0 Å². The van der Waals surface area contributed by atoms with E-state index in [9.17, 15) is 4.79 Å². The Labute approximate surface area is 108 Å². The van der Waals surface area contributed by atoms with Crippen LogP contribution in [0.25, 0.3) is 0 Å². The highest BCUT2D eigenvalue weighted by molar-refractivity contribution is 5.84. The van der Waals surface area contributed by atoms with E-state index in [1.807, 2.05) is 25.1 Å². The highest BCUT2D eigenvalue weighted by atomic mass is 16.5. The predicted octanol–water partition coefficient (Wildman–Crippen LogP) is 2.11. The van der Waals surface area contributed by atoms with Crippen molar-refractivity contribution < 1.29 is 9.53 Å².